The van der Waals surface area contributed by atoms with E-state index in [0.717, 1.165) is 25.1 Å². The maximum Gasteiger partial charge on any atom is 0.0547 e. The van der Waals surface area contributed by atoms with Crippen molar-refractivity contribution >= 4 is 39.3 Å². The third-order valence-corrected chi connectivity index (χ3v) is 10.6. The molecule has 0 saturated carbocycles. The lowest BCUT2D eigenvalue weighted by Crippen LogP contribution is -2.18. The molecule has 8 rings (SSSR count). The Balaban J connectivity index is 1.14. The van der Waals surface area contributed by atoms with Crippen molar-refractivity contribution < 1.29 is 0 Å². The lowest BCUT2D eigenvalue weighted by Gasteiger charge is -2.26. The zero-order chi connectivity index (χ0) is 38.8. The van der Waals surface area contributed by atoms with Crippen molar-refractivity contribution in [3.05, 3.63) is 229 Å². The van der Waals surface area contributed by atoms with E-state index in [1.807, 2.05) is 6.92 Å². The molecule has 0 atom stereocenters. The minimum Gasteiger partial charge on any atom is -0.337 e. The summed E-state index contributed by atoms with van der Waals surface area (Å²) in [6.07, 6.45) is 19.1. The second-order valence-electron chi connectivity index (χ2n) is 14.4. The van der Waals surface area contributed by atoms with Crippen LogP contribution in [0.1, 0.15) is 30.5 Å². The van der Waals surface area contributed by atoms with Gasteiger partial charge in [0, 0.05) is 34.4 Å². The van der Waals surface area contributed by atoms with Crippen molar-refractivity contribution in [2.75, 3.05) is 11.4 Å². The first-order valence-corrected chi connectivity index (χ1v) is 20.0. The monoisotopic (exact) mass is 736 g/mol. The van der Waals surface area contributed by atoms with Gasteiger partial charge in [-0.25, -0.2) is 0 Å². The maximum atomic E-state index is 2.44. The molecule has 0 spiro atoms. The van der Waals surface area contributed by atoms with Gasteiger partial charge in [0.05, 0.1) is 11.0 Å². The minimum atomic E-state index is 0.802. The first kappa shape index (κ1) is 37.0. The highest BCUT2D eigenvalue weighted by Crippen LogP contribution is 2.37. The number of fused-ring (bicyclic) bond motifs is 3. The molecule has 278 valence electrons. The lowest BCUT2D eigenvalue weighted by molar-refractivity contribution is 1.07. The van der Waals surface area contributed by atoms with Crippen LogP contribution in [0.5, 0.6) is 0 Å². The Morgan fingerprint density at radius 1 is 0.491 bits per heavy atom. The fourth-order valence-corrected chi connectivity index (χ4v) is 7.73. The fourth-order valence-electron chi connectivity index (χ4n) is 7.73. The van der Waals surface area contributed by atoms with E-state index in [2.05, 4.69) is 235 Å². The van der Waals surface area contributed by atoms with E-state index in [-0.39, 0.29) is 0 Å². The predicted octanol–water partition coefficient (Wildman–Crippen LogP) is 14.8. The molecule has 2 heteroatoms. The molecule has 2 nitrogen and oxygen atoms in total. The highest BCUT2D eigenvalue weighted by molar-refractivity contribution is 6.10. The van der Waals surface area contributed by atoms with E-state index in [4.69, 9.17) is 0 Å². The topological polar surface area (TPSA) is 8.17 Å². The molecule has 0 unspecified atom stereocenters. The van der Waals surface area contributed by atoms with Crippen molar-refractivity contribution in [3.63, 3.8) is 0 Å². The van der Waals surface area contributed by atoms with Crippen molar-refractivity contribution in [3.8, 4) is 27.9 Å². The normalized spacial score (nSPS) is 12.0. The zero-order valence-corrected chi connectivity index (χ0v) is 32.8. The molecular formula is C55H48N2. The smallest absolute Gasteiger partial charge is 0.0547 e. The highest BCUT2D eigenvalue weighted by atomic mass is 15.1. The van der Waals surface area contributed by atoms with Gasteiger partial charge in [-0.3, -0.25) is 0 Å². The summed E-state index contributed by atoms with van der Waals surface area (Å²) in [5.41, 5.74) is 14.5. The van der Waals surface area contributed by atoms with E-state index in [1.54, 1.807) is 0 Å². The van der Waals surface area contributed by atoms with Crippen LogP contribution in [-0.4, -0.2) is 11.1 Å². The SMILES string of the molecule is C/C=C\C=C/Cc1ccc(N(C/C=C\C)c2ccccc2C/C=C/c2ccc3c4ccccc4n(-c4cc(-c5ccccc5)cc(-c5ccccc5)c4)c3c2)cc1. The molecule has 0 amide bonds. The van der Waals surface area contributed by atoms with Gasteiger partial charge in [-0.15, -0.1) is 0 Å². The quantitative estimate of drug-likeness (QED) is 0.0845. The van der Waals surface area contributed by atoms with Crippen molar-refractivity contribution in [2.45, 2.75) is 26.7 Å². The number of allylic oxidation sites excluding steroid dienone is 6. The van der Waals surface area contributed by atoms with E-state index in [0.29, 0.717) is 0 Å². The molecular weight excluding hydrogens is 689 g/mol. The summed E-state index contributed by atoms with van der Waals surface area (Å²) in [5.74, 6) is 0. The molecule has 0 fully saturated rings. The fraction of sp³-hybridized carbons (Fsp3) is 0.0909. The van der Waals surface area contributed by atoms with Crippen LogP contribution in [0.25, 0.3) is 55.8 Å². The summed E-state index contributed by atoms with van der Waals surface area (Å²) in [6.45, 7) is 4.93. The molecule has 0 aliphatic heterocycles. The number of aromatic nitrogens is 1. The largest absolute Gasteiger partial charge is 0.337 e. The molecule has 0 radical (unpaired) electrons. The number of para-hydroxylation sites is 2. The van der Waals surface area contributed by atoms with Crippen LogP contribution >= 0.6 is 0 Å². The number of hydrogen-bond donors (Lipinski definition) is 0. The third kappa shape index (κ3) is 8.37. The first-order chi connectivity index (χ1) is 28.2. The highest BCUT2D eigenvalue weighted by Gasteiger charge is 2.16. The van der Waals surface area contributed by atoms with E-state index in [9.17, 15) is 0 Å². The van der Waals surface area contributed by atoms with Crippen molar-refractivity contribution in [1.82, 2.24) is 4.57 Å². The Kier molecular flexibility index (Phi) is 11.5. The second-order valence-corrected chi connectivity index (χ2v) is 14.4. The van der Waals surface area contributed by atoms with Gasteiger partial charge in [0.25, 0.3) is 0 Å². The molecule has 1 heterocycles. The zero-order valence-electron chi connectivity index (χ0n) is 32.8. The summed E-state index contributed by atoms with van der Waals surface area (Å²) in [6, 6.07) is 61.9. The Bertz CT molecular complexity index is 2650. The Morgan fingerprint density at radius 2 is 1.16 bits per heavy atom. The molecule has 0 bridgehead atoms. The maximum absolute atomic E-state index is 2.44. The molecule has 0 saturated heterocycles. The summed E-state index contributed by atoms with van der Waals surface area (Å²) >= 11 is 0. The van der Waals surface area contributed by atoms with E-state index >= 15 is 0 Å². The van der Waals surface area contributed by atoms with Crippen molar-refractivity contribution in [2.24, 2.45) is 0 Å². The standard InChI is InChI=1S/C55H48N2/c1-3-5-7-10-20-42-31-34-49(35-32-42)56(37-6-4-2)53-29-17-15-26-46(53)27-19-21-43-33-36-52-51-28-16-18-30-54(51)57(55(52)38-43)50-40-47(44-22-11-8-12-23-44)39-48(41-50)45-24-13-9-14-25-45/h3-19,21-26,28-36,38-41H,20,27,37H2,1-2H3/b5-3-,6-4-,10-7-,21-19+. The molecule has 0 aliphatic carbocycles. The molecule has 8 aromatic rings. The van der Waals surface area contributed by atoms with Gasteiger partial charge in [0.15, 0.2) is 0 Å². The van der Waals surface area contributed by atoms with Crippen LogP contribution in [0.15, 0.2) is 212 Å². The summed E-state index contributed by atoms with van der Waals surface area (Å²) < 4.78 is 2.44. The van der Waals surface area contributed by atoms with Gasteiger partial charge in [-0.2, -0.15) is 0 Å². The van der Waals surface area contributed by atoms with Crippen LogP contribution in [0, 0.1) is 0 Å². The van der Waals surface area contributed by atoms with Crippen LogP contribution in [-0.2, 0) is 12.8 Å². The Morgan fingerprint density at radius 3 is 1.88 bits per heavy atom. The minimum absolute atomic E-state index is 0.802. The van der Waals surface area contributed by atoms with Crippen molar-refractivity contribution in [1.29, 1.82) is 0 Å². The third-order valence-electron chi connectivity index (χ3n) is 10.6. The van der Waals surface area contributed by atoms with Gasteiger partial charge in [0.1, 0.15) is 0 Å². The number of nitrogens with zero attached hydrogens (tertiary/aromatic N) is 2. The predicted molar refractivity (Wildman–Crippen MR) is 247 cm³/mol. The van der Waals surface area contributed by atoms with Crippen LogP contribution in [0.2, 0.25) is 0 Å². The molecule has 0 N–H and O–H groups in total. The van der Waals surface area contributed by atoms with Gasteiger partial charge < -0.3 is 9.47 Å². The summed E-state index contributed by atoms with van der Waals surface area (Å²) in [7, 11) is 0. The first-order valence-electron chi connectivity index (χ1n) is 20.0. The number of rotatable bonds is 13. The molecule has 0 aliphatic rings. The number of anilines is 2. The van der Waals surface area contributed by atoms with Gasteiger partial charge in [0.2, 0.25) is 0 Å². The van der Waals surface area contributed by atoms with Gasteiger partial charge >= 0.3 is 0 Å². The summed E-state index contributed by atoms with van der Waals surface area (Å²) in [5, 5.41) is 2.50. The van der Waals surface area contributed by atoms with Gasteiger partial charge in [-0.1, -0.05) is 170 Å². The van der Waals surface area contributed by atoms with Crippen LogP contribution < -0.4 is 4.90 Å². The average molecular weight is 737 g/mol. The molecule has 1 aromatic heterocycles. The number of hydrogen-bond acceptors (Lipinski definition) is 1. The molecule has 7 aromatic carbocycles. The van der Waals surface area contributed by atoms with E-state index < -0.39 is 0 Å². The summed E-state index contributed by atoms with van der Waals surface area (Å²) in [4.78, 5) is 2.42. The second kappa shape index (κ2) is 17.7. The van der Waals surface area contributed by atoms with Crippen LogP contribution in [0.3, 0.4) is 0 Å². The number of benzene rings is 7. The van der Waals surface area contributed by atoms with Gasteiger partial charge in [-0.05, 0) is 114 Å². The Labute approximate surface area is 337 Å². The lowest BCUT2D eigenvalue weighted by atomic mass is 9.98. The average Bonchev–Trinajstić information content (AvgIpc) is 3.60. The Hall–Kier alpha value is -6.90. The van der Waals surface area contributed by atoms with E-state index in [1.165, 1.54) is 72.1 Å². The van der Waals surface area contributed by atoms with Crippen LogP contribution in [0.4, 0.5) is 11.4 Å². The molecule has 57 heavy (non-hydrogen) atoms.